The predicted octanol–water partition coefficient (Wildman–Crippen LogP) is 2.92. The Morgan fingerprint density at radius 3 is 2.43 bits per heavy atom. The summed E-state index contributed by atoms with van der Waals surface area (Å²) in [6.45, 7) is 6.35. The smallest absolute Gasteiger partial charge is 0.261 e. The van der Waals surface area contributed by atoms with Gasteiger partial charge in [-0.1, -0.05) is 12.1 Å². The van der Waals surface area contributed by atoms with Crippen molar-refractivity contribution in [2.75, 3.05) is 33.2 Å². The molecule has 23 heavy (non-hydrogen) atoms. The van der Waals surface area contributed by atoms with E-state index in [-0.39, 0.29) is 18.0 Å². The highest BCUT2D eigenvalue weighted by atomic mass is 32.1. The van der Waals surface area contributed by atoms with Crippen molar-refractivity contribution in [2.45, 2.75) is 19.0 Å². The fraction of sp³-hybridized carbons (Fsp3) is 0.471. The van der Waals surface area contributed by atoms with Crippen LogP contribution in [0, 0.1) is 0 Å². The molecule has 3 heterocycles. The van der Waals surface area contributed by atoms with Gasteiger partial charge in [0.1, 0.15) is 0 Å². The summed E-state index contributed by atoms with van der Waals surface area (Å²) in [5, 5.41) is 7.26. The zero-order chi connectivity index (χ0) is 16.2. The Labute approximate surface area is 145 Å². The van der Waals surface area contributed by atoms with Crippen molar-refractivity contribution in [1.29, 1.82) is 0 Å². The van der Waals surface area contributed by atoms with Crippen LogP contribution in [-0.4, -0.2) is 55.0 Å². The molecule has 124 valence electrons. The minimum atomic E-state index is 0.0307. The van der Waals surface area contributed by atoms with E-state index in [2.05, 4.69) is 46.6 Å². The van der Waals surface area contributed by atoms with Gasteiger partial charge >= 0.3 is 0 Å². The Morgan fingerprint density at radius 1 is 1.13 bits per heavy atom. The maximum absolute atomic E-state index is 12.4. The third kappa shape index (κ3) is 4.01. The van der Waals surface area contributed by atoms with Gasteiger partial charge in [0.2, 0.25) is 0 Å². The van der Waals surface area contributed by atoms with Crippen LogP contribution in [-0.2, 0) is 0 Å². The van der Waals surface area contributed by atoms with Crippen molar-refractivity contribution in [3.05, 3.63) is 44.8 Å². The molecule has 1 saturated heterocycles. The Morgan fingerprint density at radius 2 is 1.83 bits per heavy atom. The molecule has 1 amide bonds. The van der Waals surface area contributed by atoms with Gasteiger partial charge in [-0.3, -0.25) is 9.69 Å². The highest BCUT2D eigenvalue weighted by Gasteiger charge is 2.30. The van der Waals surface area contributed by atoms with E-state index >= 15 is 0 Å². The summed E-state index contributed by atoms with van der Waals surface area (Å²) < 4.78 is 0. The van der Waals surface area contributed by atoms with Crippen molar-refractivity contribution in [2.24, 2.45) is 0 Å². The highest BCUT2D eigenvalue weighted by Crippen LogP contribution is 2.29. The van der Waals surface area contributed by atoms with Crippen LogP contribution in [0.3, 0.4) is 0 Å². The van der Waals surface area contributed by atoms with Gasteiger partial charge in [0.25, 0.3) is 5.91 Å². The number of rotatable bonds is 5. The normalized spacial score (nSPS) is 19.4. The molecule has 4 nitrogen and oxygen atoms in total. The molecule has 0 unspecified atom stereocenters. The molecule has 0 bridgehead atoms. The number of nitrogens with one attached hydrogen (secondary N) is 1. The second kappa shape index (κ2) is 7.57. The molecule has 3 rings (SSSR count). The second-order valence-corrected chi connectivity index (χ2v) is 7.97. The fourth-order valence-electron chi connectivity index (χ4n) is 3.07. The van der Waals surface area contributed by atoms with Crippen LogP contribution in [0.1, 0.15) is 27.5 Å². The van der Waals surface area contributed by atoms with E-state index in [0.29, 0.717) is 0 Å². The molecule has 2 aromatic heterocycles. The van der Waals surface area contributed by atoms with Crippen LogP contribution < -0.4 is 5.32 Å². The summed E-state index contributed by atoms with van der Waals surface area (Å²) in [5.74, 6) is 0.0307. The number of carbonyl (C=O) groups is 1. The number of nitrogens with zero attached hydrogens (tertiary/aromatic N) is 2. The first-order chi connectivity index (χ1) is 11.1. The van der Waals surface area contributed by atoms with Gasteiger partial charge in [-0.05, 0) is 36.9 Å². The van der Waals surface area contributed by atoms with Crippen molar-refractivity contribution >= 4 is 28.6 Å². The summed E-state index contributed by atoms with van der Waals surface area (Å²) in [6.07, 6.45) is 0. The number of thiophene rings is 2. The summed E-state index contributed by atoms with van der Waals surface area (Å²) in [6, 6.07) is 8.39. The quantitative estimate of drug-likeness (QED) is 0.901. The Bertz CT molecular complexity index is 604. The van der Waals surface area contributed by atoms with E-state index in [1.807, 2.05) is 17.5 Å². The molecule has 1 fully saturated rings. The Balaban J connectivity index is 1.74. The van der Waals surface area contributed by atoms with Gasteiger partial charge in [-0.15, -0.1) is 22.7 Å². The van der Waals surface area contributed by atoms with E-state index in [4.69, 9.17) is 0 Å². The van der Waals surface area contributed by atoms with Gasteiger partial charge in [0, 0.05) is 37.1 Å². The Hall–Kier alpha value is -1.21. The zero-order valence-corrected chi connectivity index (χ0v) is 15.2. The summed E-state index contributed by atoms with van der Waals surface area (Å²) in [7, 11) is 2.17. The van der Waals surface area contributed by atoms with Crippen LogP contribution in [0.4, 0.5) is 0 Å². The standard InChI is InChI=1S/C17H23N3OS2/c1-13(18-17(21)15-6-4-12-23-15)16(14-5-3-11-22-14)20-9-7-19(2)8-10-20/h3-6,11-13,16H,7-10H2,1-2H3,(H,18,21)/t13-,16-/m1/s1. The van der Waals surface area contributed by atoms with Crippen molar-refractivity contribution < 1.29 is 4.79 Å². The van der Waals surface area contributed by atoms with E-state index < -0.39 is 0 Å². The summed E-state index contributed by atoms with van der Waals surface area (Å²) in [4.78, 5) is 19.4. The SMILES string of the molecule is C[C@@H](NC(=O)c1cccs1)[C@H](c1cccs1)N1CCN(C)CC1. The zero-order valence-electron chi connectivity index (χ0n) is 13.6. The second-order valence-electron chi connectivity index (χ2n) is 6.04. The summed E-state index contributed by atoms with van der Waals surface area (Å²) >= 11 is 3.26. The fourth-order valence-corrected chi connectivity index (χ4v) is 4.66. The van der Waals surface area contributed by atoms with E-state index in [0.717, 1.165) is 31.1 Å². The molecule has 6 heteroatoms. The van der Waals surface area contributed by atoms with Gasteiger partial charge in [-0.2, -0.15) is 0 Å². The molecule has 0 aromatic carbocycles. The molecule has 2 atom stereocenters. The van der Waals surface area contributed by atoms with Crippen LogP contribution in [0.5, 0.6) is 0 Å². The highest BCUT2D eigenvalue weighted by molar-refractivity contribution is 7.12. The summed E-state index contributed by atoms with van der Waals surface area (Å²) in [5.41, 5.74) is 0. The largest absolute Gasteiger partial charge is 0.347 e. The lowest BCUT2D eigenvalue weighted by molar-refractivity contribution is 0.0802. The van der Waals surface area contributed by atoms with Crippen LogP contribution in [0.15, 0.2) is 35.0 Å². The first-order valence-electron chi connectivity index (χ1n) is 7.95. The average Bonchev–Trinajstić information content (AvgIpc) is 3.22. The number of amides is 1. The van der Waals surface area contributed by atoms with E-state index in [1.165, 1.54) is 16.2 Å². The molecule has 0 aliphatic carbocycles. The maximum atomic E-state index is 12.4. The average molecular weight is 350 g/mol. The molecular formula is C17H23N3OS2. The molecule has 0 radical (unpaired) electrons. The van der Waals surface area contributed by atoms with Crippen LogP contribution in [0.2, 0.25) is 0 Å². The number of carbonyl (C=O) groups excluding carboxylic acids is 1. The van der Waals surface area contributed by atoms with Crippen molar-refractivity contribution in [3.8, 4) is 0 Å². The molecule has 0 spiro atoms. The minimum Gasteiger partial charge on any atom is -0.347 e. The number of hydrogen-bond donors (Lipinski definition) is 1. The third-order valence-electron chi connectivity index (χ3n) is 4.34. The first-order valence-corrected chi connectivity index (χ1v) is 9.71. The van der Waals surface area contributed by atoms with Gasteiger partial charge in [0.15, 0.2) is 0 Å². The van der Waals surface area contributed by atoms with Gasteiger partial charge < -0.3 is 10.2 Å². The molecule has 1 aliphatic rings. The lowest BCUT2D eigenvalue weighted by Gasteiger charge is -2.40. The lowest BCUT2D eigenvalue weighted by atomic mass is 10.0. The lowest BCUT2D eigenvalue weighted by Crippen LogP contribution is -2.51. The number of hydrogen-bond acceptors (Lipinski definition) is 5. The number of piperazine rings is 1. The topological polar surface area (TPSA) is 35.6 Å². The molecule has 0 saturated carbocycles. The minimum absolute atomic E-state index is 0.0307. The Kier molecular flexibility index (Phi) is 5.48. The molecule has 1 N–H and O–H groups in total. The molecule has 2 aromatic rings. The maximum Gasteiger partial charge on any atom is 0.261 e. The molecule has 1 aliphatic heterocycles. The monoisotopic (exact) mass is 349 g/mol. The first kappa shape index (κ1) is 16.6. The van der Waals surface area contributed by atoms with Gasteiger partial charge in [0.05, 0.1) is 10.9 Å². The third-order valence-corrected chi connectivity index (χ3v) is 6.15. The predicted molar refractivity (Wildman–Crippen MR) is 97.4 cm³/mol. The number of likely N-dealkylation sites (N-methyl/N-ethyl adjacent to an activating group) is 1. The van der Waals surface area contributed by atoms with Crippen LogP contribution in [0.25, 0.3) is 0 Å². The van der Waals surface area contributed by atoms with Crippen LogP contribution >= 0.6 is 22.7 Å². The van der Waals surface area contributed by atoms with E-state index in [1.54, 1.807) is 11.3 Å². The van der Waals surface area contributed by atoms with Crippen molar-refractivity contribution in [3.63, 3.8) is 0 Å². The van der Waals surface area contributed by atoms with Gasteiger partial charge in [-0.25, -0.2) is 0 Å². The van der Waals surface area contributed by atoms with E-state index in [9.17, 15) is 4.79 Å². The van der Waals surface area contributed by atoms with Crippen molar-refractivity contribution in [1.82, 2.24) is 15.1 Å². The molecular weight excluding hydrogens is 326 g/mol.